The molecular weight excluding hydrogens is 436 g/mol. The Kier molecular flexibility index (Phi) is 7.98. The molecular formula is C23H27ClN2O4S. The molecule has 0 fully saturated rings. The van der Waals surface area contributed by atoms with Gasteiger partial charge in [-0.3, -0.25) is 9.10 Å². The molecule has 0 aliphatic heterocycles. The van der Waals surface area contributed by atoms with Crippen molar-refractivity contribution in [2.24, 2.45) is 0 Å². The van der Waals surface area contributed by atoms with Crippen molar-refractivity contribution in [2.75, 3.05) is 24.5 Å². The Balaban J connectivity index is 1.49. The number of hydrogen-bond acceptors (Lipinski definition) is 4. The van der Waals surface area contributed by atoms with E-state index < -0.39 is 10.0 Å². The Morgan fingerprint density at radius 2 is 1.81 bits per heavy atom. The molecule has 166 valence electrons. The van der Waals surface area contributed by atoms with Crippen LogP contribution in [-0.4, -0.2) is 34.5 Å². The lowest BCUT2D eigenvalue weighted by molar-refractivity contribution is -0.123. The molecule has 0 radical (unpaired) electrons. The van der Waals surface area contributed by atoms with Crippen molar-refractivity contribution in [1.29, 1.82) is 0 Å². The molecule has 8 heteroatoms. The average molecular weight is 463 g/mol. The standard InChI is InChI=1S/C23H27ClN2O4S/c1-26(31(28,29)22-13-7-19(24)8-14-22)20-9-11-21(12-10-20)30-17-23(27)25-16-15-18-5-3-2-4-6-18/h5,7-14H,2-4,6,15-17H2,1H3,(H,25,27). The minimum absolute atomic E-state index is 0.0860. The fourth-order valence-electron chi connectivity index (χ4n) is 3.35. The summed E-state index contributed by atoms with van der Waals surface area (Å²) >= 11 is 5.84. The van der Waals surface area contributed by atoms with Crippen molar-refractivity contribution in [1.82, 2.24) is 5.32 Å². The number of halogens is 1. The Morgan fingerprint density at radius 3 is 2.45 bits per heavy atom. The summed E-state index contributed by atoms with van der Waals surface area (Å²) in [5.74, 6) is 0.314. The van der Waals surface area contributed by atoms with E-state index in [1.54, 1.807) is 24.3 Å². The van der Waals surface area contributed by atoms with Gasteiger partial charge in [0.15, 0.2) is 6.61 Å². The Bertz CT molecular complexity index is 1020. The minimum Gasteiger partial charge on any atom is -0.484 e. The van der Waals surface area contributed by atoms with Gasteiger partial charge >= 0.3 is 0 Å². The van der Waals surface area contributed by atoms with E-state index in [2.05, 4.69) is 11.4 Å². The Morgan fingerprint density at radius 1 is 1.10 bits per heavy atom. The van der Waals surface area contributed by atoms with Crippen molar-refractivity contribution < 1.29 is 17.9 Å². The summed E-state index contributed by atoms with van der Waals surface area (Å²) in [4.78, 5) is 12.1. The molecule has 3 rings (SSSR count). The van der Waals surface area contributed by atoms with Crippen molar-refractivity contribution in [3.63, 3.8) is 0 Å². The van der Waals surface area contributed by atoms with Gasteiger partial charge in [0.25, 0.3) is 15.9 Å². The van der Waals surface area contributed by atoms with Crippen LogP contribution in [0.4, 0.5) is 5.69 Å². The van der Waals surface area contributed by atoms with Crippen LogP contribution in [0, 0.1) is 0 Å². The van der Waals surface area contributed by atoms with Gasteiger partial charge in [0.2, 0.25) is 0 Å². The average Bonchev–Trinajstić information content (AvgIpc) is 2.78. The molecule has 0 heterocycles. The SMILES string of the molecule is CN(c1ccc(OCC(=O)NCCC2=CCCCC2)cc1)S(=O)(=O)c1ccc(Cl)cc1. The molecule has 6 nitrogen and oxygen atoms in total. The molecule has 2 aromatic rings. The first-order valence-corrected chi connectivity index (χ1v) is 12.1. The van der Waals surface area contributed by atoms with Gasteiger partial charge in [-0.05, 0) is 80.6 Å². The first kappa shape index (κ1) is 23.2. The zero-order valence-corrected chi connectivity index (χ0v) is 19.1. The molecule has 31 heavy (non-hydrogen) atoms. The zero-order valence-electron chi connectivity index (χ0n) is 17.5. The summed E-state index contributed by atoms with van der Waals surface area (Å²) in [5, 5.41) is 3.34. The molecule has 0 saturated heterocycles. The first-order chi connectivity index (χ1) is 14.9. The molecule has 0 unspecified atom stereocenters. The number of sulfonamides is 1. The Hall–Kier alpha value is -2.51. The predicted octanol–water partition coefficient (Wildman–Crippen LogP) is 4.55. The van der Waals surface area contributed by atoms with Crippen LogP contribution >= 0.6 is 11.6 Å². The van der Waals surface area contributed by atoms with Crippen LogP contribution in [0.25, 0.3) is 0 Å². The quantitative estimate of drug-likeness (QED) is 0.554. The van der Waals surface area contributed by atoms with E-state index in [0.29, 0.717) is 23.0 Å². The molecule has 1 N–H and O–H groups in total. The van der Waals surface area contributed by atoms with Crippen molar-refractivity contribution in [3.8, 4) is 5.75 Å². The van der Waals surface area contributed by atoms with Crippen LogP contribution in [0.3, 0.4) is 0 Å². The molecule has 0 saturated carbocycles. The van der Waals surface area contributed by atoms with Gasteiger partial charge in [0, 0.05) is 18.6 Å². The summed E-state index contributed by atoms with van der Waals surface area (Å²) in [7, 11) is -2.22. The minimum atomic E-state index is -3.70. The first-order valence-electron chi connectivity index (χ1n) is 10.3. The van der Waals surface area contributed by atoms with Crippen LogP contribution in [-0.2, 0) is 14.8 Å². The summed E-state index contributed by atoms with van der Waals surface area (Å²) < 4.78 is 32.2. The highest BCUT2D eigenvalue weighted by molar-refractivity contribution is 7.92. The number of ether oxygens (including phenoxy) is 1. The molecule has 1 amide bonds. The van der Waals surface area contributed by atoms with E-state index in [4.69, 9.17) is 16.3 Å². The molecule has 0 aromatic heterocycles. The number of benzene rings is 2. The number of rotatable bonds is 9. The molecule has 1 aliphatic rings. The zero-order chi connectivity index (χ0) is 22.3. The van der Waals surface area contributed by atoms with E-state index in [9.17, 15) is 13.2 Å². The summed E-state index contributed by atoms with van der Waals surface area (Å²) in [6, 6.07) is 12.6. The third-order valence-corrected chi connectivity index (χ3v) is 7.25. The predicted molar refractivity (Wildman–Crippen MR) is 123 cm³/mol. The number of nitrogens with one attached hydrogen (secondary N) is 1. The van der Waals surface area contributed by atoms with E-state index in [1.165, 1.54) is 54.0 Å². The lowest BCUT2D eigenvalue weighted by atomic mass is 9.97. The van der Waals surface area contributed by atoms with Crippen molar-refractivity contribution in [2.45, 2.75) is 37.0 Å². The highest BCUT2D eigenvalue weighted by atomic mass is 35.5. The fourth-order valence-corrected chi connectivity index (χ4v) is 4.67. The second-order valence-corrected chi connectivity index (χ2v) is 9.82. The lowest BCUT2D eigenvalue weighted by Crippen LogP contribution is -2.30. The number of carbonyl (C=O) groups is 1. The maximum atomic E-state index is 12.8. The van der Waals surface area contributed by atoms with Crippen molar-refractivity contribution >= 4 is 33.2 Å². The summed E-state index contributed by atoms with van der Waals surface area (Å²) in [6.07, 6.45) is 7.91. The van der Waals surface area contributed by atoms with Gasteiger partial charge in [-0.1, -0.05) is 23.3 Å². The largest absolute Gasteiger partial charge is 0.484 e. The van der Waals surface area contributed by atoms with Gasteiger partial charge in [-0.2, -0.15) is 0 Å². The van der Waals surface area contributed by atoms with Crippen LogP contribution in [0.2, 0.25) is 5.02 Å². The third kappa shape index (κ3) is 6.48. The molecule has 0 bridgehead atoms. The van der Waals surface area contributed by atoms with Gasteiger partial charge in [0.1, 0.15) is 5.75 Å². The topological polar surface area (TPSA) is 75.7 Å². The fraction of sp³-hybridized carbons (Fsp3) is 0.348. The van der Waals surface area contributed by atoms with E-state index in [1.807, 2.05) is 0 Å². The Labute approximate surface area is 188 Å². The maximum absolute atomic E-state index is 12.8. The van der Waals surface area contributed by atoms with Gasteiger partial charge in [-0.25, -0.2) is 8.42 Å². The van der Waals surface area contributed by atoms with Crippen LogP contribution < -0.4 is 14.4 Å². The summed E-state index contributed by atoms with van der Waals surface area (Å²) in [6.45, 7) is 0.525. The second kappa shape index (κ2) is 10.7. The van der Waals surface area contributed by atoms with Crippen LogP contribution in [0.15, 0.2) is 65.1 Å². The number of nitrogens with zero attached hydrogens (tertiary/aromatic N) is 1. The van der Waals surface area contributed by atoms with Crippen LogP contribution in [0.5, 0.6) is 5.75 Å². The summed E-state index contributed by atoms with van der Waals surface area (Å²) in [5.41, 5.74) is 1.90. The molecule has 0 spiro atoms. The molecule has 2 aromatic carbocycles. The maximum Gasteiger partial charge on any atom is 0.264 e. The molecule has 0 atom stereocenters. The van der Waals surface area contributed by atoms with Crippen LogP contribution in [0.1, 0.15) is 32.1 Å². The smallest absolute Gasteiger partial charge is 0.264 e. The number of allylic oxidation sites excluding steroid dienone is 1. The number of carbonyl (C=O) groups excluding carboxylic acids is 1. The van der Waals surface area contributed by atoms with Gasteiger partial charge in [-0.15, -0.1) is 0 Å². The van der Waals surface area contributed by atoms with E-state index in [0.717, 1.165) is 19.3 Å². The number of amides is 1. The van der Waals surface area contributed by atoms with Crippen molar-refractivity contribution in [3.05, 3.63) is 65.2 Å². The number of anilines is 1. The highest BCUT2D eigenvalue weighted by Gasteiger charge is 2.21. The third-order valence-electron chi connectivity index (χ3n) is 5.20. The van der Waals surface area contributed by atoms with E-state index in [-0.39, 0.29) is 17.4 Å². The normalized spacial score (nSPS) is 13.9. The van der Waals surface area contributed by atoms with E-state index >= 15 is 0 Å². The number of hydrogen-bond donors (Lipinski definition) is 1. The molecule has 1 aliphatic carbocycles. The van der Waals surface area contributed by atoms with Gasteiger partial charge in [0.05, 0.1) is 10.6 Å². The van der Waals surface area contributed by atoms with Gasteiger partial charge < -0.3 is 10.1 Å². The lowest BCUT2D eigenvalue weighted by Gasteiger charge is -2.20. The second-order valence-electron chi connectivity index (χ2n) is 7.42. The monoisotopic (exact) mass is 462 g/mol. The highest BCUT2D eigenvalue weighted by Crippen LogP contribution is 2.25.